The lowest BCUT2D eigenvalue weighted by Gasteiger charge is -2.63. The van der Waals surface area contributed by atoms with E-state index < -0.39 is 61.4 Å². The minimum absolute atomic E-state index is 0.0171. The first kappa shape index (κ1) is 32.6. The number of ether oxygens (including phenoxy) is 5. The summed E-state index contributed by atoms with van der Waals surface area (Å²) in [6, 6.07) is 0. The molecule has 7 rings (SSSR count). The minimum Gasteiger partial charge on any atom is -0.462 e. The Morgan fingerprint density at radius 2 is 1.51 bits per heavy atom. The van der Waals surface area contributed by atoms with Crippen molar-refractivity contribution >= 4 is 5.97 Å². The van der Waals surface area contributed by atoms with Gasteiger partial charge in [0.25, 0.3) is 0 Å². The third-order valence-corrected chi connectivity index (χ3v) is 13.7. The van der Waals surface area contributed by atoms with Gasteiger partial charge in [-0.1, -0.05) is 20.8 Å². The van der Waals surface area contributed by atoms with Crippen LogP contribution >= 0.6 is 0 Å². The van der Waals surface area contributed by atoms with Gasteiger partial charge in [0.1, 0.15) is 42.7 Å². The second kappa shape index (κ2) is 11.6. The van der Waals surface area contributed by atoms with Crippen LogP contribution in [0.2, 0.25) is 0 Å². The maximum absolute atomic E-state index is 12.5. The van der Waals surface area contributed by atoms with Gasteiger partial charge in [-0.25, -0.2) is 0 Å². The molecule has 0 aromatic rings. The molecule has 3 aliphatic heterocycles. The van der Waals surface area contributed by atoms with Crippen LogP contribution < -0.4 is 0 Å². The number of rotatable bonds is 4. The van der Waals surface area contributed by atoms with Crippen molar-refractivity contribution < 1.29 is 59.1 Å². The number of hydrogen-bond acceptors (Lipinski definition) is 12. The van der Waals surface area contributed by atoms with E-state index in [1.54, 1.807) is 6.92 Å². The maximum atomic E-state index is 12.5. The number of aliphatic hydroxyl groups excluding tert-OH is 6. The SMILES string of the molecule is C[C@@H]1C(=O)O[C@H]2C[C@H]3[C@@H]4C[C@H](O[C@@H]5O[C@H](C)[C@@H](O)[C@H](O[C@@H]6OC[C@@H](O)[C@H](O)[C@H]6O)[C@H]5O)[C@H]5C[C@@H](O)CC[C@]5(C)[C@H]4CC[C@]3(C)[C@H]21. The summed E-state index contributed by atoms with van der Waals surface area (Å²) in [5.41, 5.74) is -0.109. The molecule has 12 heteroatoms. The highest BCUT2D eigenvalue weighted by molar-refractivity contribution is 5.75. The number of carbonyl (C=O) groups is 1. The first-order chi connectivity index (χ1) is 21.2. The molecular weight excluding hydrogens is 588 g/mol. The van der Waals surface area contributed by atoms with Gasteiger partial charge in [-0.05, 0) is 86.4 Å². The van der Waals surface area contributed by atoms with Crippen LogP contribution in [-0.2, 0) is 28.5 Å². The first-order valence-electron chi connectivity index (χ1n) is 17.1. The van der Waals surface area contributed by atoms with Crippen molar-refractivity contribution in [2.45, 2.75) is 146 Å². The molecule has 45 heavy (non-hydrogen) atoms. The molecule has 7 fully saturated rings. The molecule has 0 aromatic carbocycles. The third kappa shape index (κ3) is 5.04. The molecule has 0 amide bonds. The van der Waals surface area contributed by atoms with Gasteiger partial charge < -0.3 is 54.3 Å². The van der Waals surface area contributed by atoms with E-state index in [0.29, 0.717) is 24.2 Å². The molecular formula is C33H52O12. The number of carbonyl (C=O) groups excluding carboxylic acids is 1. The van der Waals surface area contributed by atoms with E-state index in [-0.39, 0.29) is 53.4 Å². The molecule has 20 atom stereocenters. The summed E-state index contributed by atoms with van der Waals surface area (Å²) < 4.78 is 30.0. The fourth-order valence-corrected chi connectivity index (χ4v) is 11.3. The molecule has 3 saturated heterocycles. The summed E-state index contributed by atoms with van der Waals surface area (Å²) in [6.07, 6.45) is -6.64. The zero-order valence-electron chi connectivity index (χ0n) is 26.7. The predicted octanol–water partition coefficient (Wildman–Crippen LogP) is 0.464. The molecule has 7 aliphatic rings. The molecule has 3 heterocycles. The Morgan fingerprint density at radius 3 is 2.27 bits per heavy atom. The van der Waals surface area contributed by atoms with Gasteiger partial charge in [0.05, 0.1) is 30.8 Å². The van der Waals surface area contributed by atoms with Gasteiger partial charge in [-0.2, -0.15) is 0 Å². The average Bonchev–Trinajstić information content (AvgIpc) is 3.46. The normalized spacial score (nSPS) is 59.5. The molecule has 256 valence electrons. The van der Waals surface area contributed by atoms with Crippen LogP contribution in [0.3, 0.4) is 0 Å². The summed E-state index contributed by atoms with van der Waals surface area (Å²) in [4.78, 5) is 12.5. The summed E-state index contributed by atoms with van der Waals surface area (Å²) in [5, 5.41) is 63.7. The molecule has 4 aliphatic carbocycles. The Balaban J connectivity index is 1.14. The number of hydrogen-bond donors (Lipinski definition) is 6. The van der Waals surface area contributed by atoms with Crippen LogP contribution in [0.15, 0.2) is 0 Å². The Labute approximate surface area is 264 Å². The van der Waals surface area contributed by atoms with Gasteiger partial charge >= 0.3 is 5.97 Å². The molecule has 0 bridgehead atoms. The molecule has 0 radical (unpaired) electrons. The molecule has 12 nitrogen and oxygen atoms in total. The summed E-state index contributed by atoms with van der Waals surface area (Å²) in [6.45, 7) is 8.08. The molecule has 6 N–H and O–H groups in total. The highest BCUT2D eigenvalue weighted by Gasteiger charge is 2.68. The Kier molecular flexibility index (Phi) is 8.40. The van der Waals surface area contributed by atoms with Gasteiger partial charge in [0.2, 0.25) is 0 Å². The topological polar surface area (TPSA) is 185 Å². The van der Waals surface area contributed by atoms with E-state index in [0.717, 1.165) is 38.5 Å². The second-order valence-corrected chi connectivity index (χ2v) is 15.9. The van der Waals surface area contributed by atoms with Crippen molar-refractivity contribution in [1.29, 1.82) is 0 Å². The van der Waals surface area contributed by atoms with Crippen LogP contribution in [0.25, 0.3) is 0 Å². The molecule has 4 saturated carbocycles. The summed E-state index contributed by atoms with van der Waals surface area (Å²) in [5.74, 6) is 1.15. The van der Waals surface area contributed by atoms with E-state index in [1.807, 2.05) is 6.92 Å². The summed E-state index contributed by atoms with van der Waals surface area (Å²) >= 11 is 0. The van der Waals surface area contributed by atoms with E-state index >= 15 is 0 Å². The number of aliphatic hydroxyl groups is 6. The maximum Gasteiger partial charge on any atom is 0.309 e. The molecule has 0 aromatic heterocycles. The lowest BCUT2D eigenvalue weighted by atomic mass is 9.43. The van der Waals surface area contributed by atoms with E-state index in [4.69, 9.17) is 23.7 Å². The Bertz CT molecular complexity index is 1120. The highest BCUT2D eigenvalue weighted by Crippen LogP contribution is 2.69. The van der Waals surface area contributed by atoms with Crippen molar-refractivity contribution in [3.63, 3.8) is 0 Å². The third-order valence-electron chi connectivity index (χ3n) is 13.7. The summed E-state index contributed by atoms with van der Waals surface area (Å²) in [7, 11) is 0. The van der Waals surface area contributed by atoms with E-state index in [1.165, 1.54) is 0 Å². The Morgan fingerprint density at radius 1 is 0.778 bits per heavy atom. The zero-order valence-corrected chi connectivity index (χ0v) is 26.7. The predicted molar refractivity (Wildman–Crippen MR) is 155 cm³/mol. The minimum atomic E-state index is -1.58. The van der Waals surface area contributed by atoms with Crippen molar-refractivity contribution in [2.75, 3.05) is 6.61 Å². The van der Waals surface area contributed by atoms with Gasteiger partial charge in [-0.3, -0.25) is 4.79 Å². The van der Waals surface area contributed by atoms with E-state index in [2.05, 4.69) is 13.8 Å². The van der Waals surface area contributed by atoms with Gasteiger partial charge in [0, 0.05) is 5.92 Å². The van der Waals surface area contributed by atoms with Crippen molar-refractivity contribution in [3.05, 3.63) is 0 Å². The van der Waals surface area contributed by atoms with Crippen molar-refractivity contribution in [1.82, 2.24) is 0 Å². The quantitative estimate of drug-likeness (QED) is 0.185. The van der Waals surface area contributed by atoms with Crippen LogP contribution in [0.1, 0.15) is 72.6 Å². The zero-order chi connectivity index (χ0) is 32.2. The highest BCUT2D eigenvalue weighted by atomic mass is 16.7. The first-order valence-corrected chi connectivity index (χ1v) is 17.1. The smallest absolute Gasteiger partial charge is 0.309 e. The average molecular weight is 641 g/mol. The van der Waals surface area contributed by atoms with Gasteiger partial charge in [0.15, 0.2) is 12.6 Å². The largest absolute Gasteiger partial charge is 0.462 e. The second-order valence-electron chi connectivity index (χ2n) is 15.9. The fraction of sp³-hybridized carbons (Fsp3) is 0.970. The standard InChI is InChI=1S/C33H52O12/c1-13-23-22(43-29(13)40)11-18-16-10-21(19-9-15(34)5-7-32(19,3)17(16)6-8-33(18,23)4)44-31-27(39)28(24(36)14(2)42-31)45-30-26(38)25(37)20(35)12-41-30/h13-28,30-31,34-39H,5-12H2,1-4H3/t13-,14+,15-,16+,17-,18-,19+,20+,21-,22-,23-,24+,25-,26+,27+,28-,30-,31-,32+,33-/m0/s1. The lowest BCUT2D eigenvalue weighted by Crippen LogP contribution is -2.64. The van der Waals surface area contributed by atoms with Crippen LogP contribution in [0, 0.1) is 46.3 Å². The van der Waals surface area contributed by atoms with Crippen molar-refractivity contribution in [3.8, 4) is 0 Å². The van der Waals surface area contributed by atoms with Gasteiger partial charge in [-0.15, -0.1) is 0 Å². The van der Waals surface area contributed by atoms with E-state index in [9.17, 15) is 35.4 Å². The van der Waals surface area contributed by atoms with Crippen LogP contribution in [0.5, 0.6) is 0 Å². The molecule has 0 unspecified atom stereocenters. The Hall–Kier alpha value is -0.930. The lowest BCUT2D eigenvalue weighted by molar-refractivity contribution is -0.357. The van der Waals surface area contributed by atoms with Crippen molar-refractivity contribution in [2.24, 2.45) is 46.3 Å². The number of fused-ring (bicyclic) bond motifs is 7. The van der Waals surface area contributed by atoms with Crippen LogP contribution in [0.4, 0.5) is 0 Å². The monoisotopic (exact) mass is 640 g/mol. The fourth-order valence-electron chi connectivity index (χ4n) is 11.3. The van der Waals surface area contributed by atoms with Crippen LogP contribution in [-0.4, -0.2) is 117 Å². The number of esters is 1. The molecule has 0 spiro atoms.